The van der Waals surface area contributed by atoms with Crippen molar-refractivity contribution in [3.05, 3.63) is 35.9 Å². The lowest BCUT2D eigenvalue weighted by Crippen LogP contribution is -2.20. The Balaban J connectivity index is 1.88. The molecule has 0 aliphatic carbocycles. The van der Waals surface area contributed by atoms with Crippen molar-refractivity contribution in [3.63, 3.8) is 0 Å². The average molecular weight is 234 g/mol. The number of ether oxygens (including phenoxy) is 1. The fourth-order valence-electron chi connectivity index (χ4n) is 2.62. The summed E-state index contributed by atoms with van der Waals surface area (Å²) in [6.45, 7) is 3.92. The molecule has 1 heterocycles. The first-order chi connectivity index (χ1) is 8.27. The van der Waals surface area contributed by atoms with Gasteiger partial charge in [-0.25, -0.2) is 0 Å². The SMILES string of the molecule is CC(CC1CCOCC1)C(O)c1ccccc1. The molecule has 2 heteroatoms. The van der Waals surface area contributed by atoms with Crippen molar-refractivity contribution in [3.8, 4) is 0 Å². The predicted octanol–water partition coefficient (Wildman–Crippen LogP) is 3.17. The van der Waals surface area contributed by atoms with Crippen LogP contribution in [0.3, 0.4) is 0 Å². The van der Waals surface area contributed by atoms with Crippen LogP contribution in [0.2, 0.25) is 0 Å². The van der Waals surface area contributed by atoms with Crippen LogP contribution in [0.5, 0.6) is 0 Å². The molecule has 2 atom stereocenters. The van der Waals surface area contributed by atoms with Crippen LogP contribution >= 0.6 is 0 Å². The number of rotatable bonds is 4. The molecule has 1 fully saturated rings. The zero-order valence-corrected chi connectivity index (χ0v) is 10.5. The van der Waals surface area contributed by atoms with E-state index in [4.69, 9.17) is 4.74 Å². The van der Waals surface area contributed by atoms with Crippen LogP contribution in [0.25, 0.3) is 0 Å². The zero-order chi connectivity index (χ0) is 12.1. The van der Waals surface area contributed by atoms with Gasteiger partial charge in [-0.3, -0.25) is 0 Å². The molecule has 1 aromatic rings. The first-order valence-electron chi connectivity index (χ1n) is 6.58. The quantitative estimate of drug-likeness (QED) is 0.867. The number of hydrogen-bond acceptors (Lipinski definition) is 2. The van der Waals surface area contributed by atoms with Crippen LogP contribution in [-0.4, -0.2) is 18.3 Å². The topological polar surface area (TPSA) is 29.5 Å². The van der Waals surface area contributed by atoms with Gasteiger partial charge in [-0.15, -0.1) is 0 Å². The lowest BCUT2D eigenvalue weighted by molar-refractivity contribution is 0.0422. The van der Waals surface area contributed by atoms with Crippen molar-refractivity contribution in [2.24, 2.45) is 11.8 Å². The van der Waals surface area contributed by atoms with Gasteiger partial charge in [-0.05, 0) is 36.7 Å². The van der Waals surface area contributed by atoms with E-state index in [-0.39, 0.29) is 6.10 Å². The summed E-state index contributed by atoms with van der Waals surface area (Å²) < 4.78 is 5.36. The van der Waals surface area contributed by atoms with Crippen LogP contribution in [0.4, 0.5) is 0 Å². The number of aliphatic hydroxyl groups excluding tert-OH is 1. The third kappa shape index (κ3) is 3.55. The van der Waals surface area contributed by atoms with Crippen molar-refractivity contribution in [1.82, 2.24) is 0 Å². The Bertz CT molecular complexity index is 317. The van der Waals surface area contributed by atoms with Crippen molar-refractivity contribution in [1.29, 1.82) is 0 Å². The third-order valence-electron chi connectivity index (χ3n) is 3.73. The molecule has 0 amide bonds. The van der Waals surface area contributed by atoms with Crippen molar-refractivity contribution in [2.75, 3.05) is 13.2 Å². The van der Waals surface area contributed by atoms with Gasteiger partial charge in [-0.2, -0.15) is 0 Å². The van der Waals surface area contributed by atoms with Crippen molar-refractivity contribution in [2.45, 2.75) is 32.3 Å². The van der Waals surface area contributed by atoms with Crippen LogP contribution in [0.15, 0.2) is 30.3 Å². The van der Waals surface area contributed by atoms with Crippen LogP contribution in [-0.2, 0) is 4.74 Å². The summed E-state index contributed by atoms with van der Waals surface area (Å²) in [6.07, 6.45) is 3.05. The predicted molar refractivity (Wildman–Crippen MR) is 68.7 cm³/mol. The molecule has 1 aliphatic rings. The molecule has 0 spiro atoms. The molecule has 0 bridgehead atoms. The summed E-state index contributed by atoms with van der Waals surface area (Å²) in [5.74, 6) is 1.04. The highest BCUT2D eigenvalue weighted by Crippen LogP contribution is 2.30. The van der Waals surface area contributed by atoms with Gasteiger partial charge in [0, 0.05) is 13.2 Å². The molecule has 1 N–H and O–H groups in total. The first kappa shape index (κ1) is 12.6. The Labute approximate surface area is 104 Å². The fraction of sp³-hybridized carbons (Fsp3) is 0.600. The first-order valence-corrected chi connectivity index (χ1v) is 6.58. The summed E-state index contributed by atoms with van der Waals surface area (Å²) in [4.78, 5) is 0. The Morgan fingerprint density at radius 3 is 2.53 bits per heavy atom. The summed E-state index contributed by atoms with van der Waals surface area (Å²) in [7, 11) is 0. The standard InChI is InChI=1S/C15H22O2/c1-12(11-13-7-9-17-10-8-13)15(16)14-5-3-2-4-6-14/h2-6,12-13,15-16H,7-11H2,1H3. The van der Waals surface area contributed by atoms with E-state index in [9.17, 15) is 5.11 Å². The summed E-state index contributed by atoms with van der Waals surface area (Å²) in [5, 5.41) is 10.3. The maximum absolute atomic E-state index is 10.3. The van der Waals surface area contributed by atoms with Gasteiger partial charge in [0.25, 0.3) is 0 Å². The third-order valence-corrected chi connectivity index (χ3v) is 3.73. The lowest BCUT2D eigenvalue weighted by atomic mass is 9.85. The van der Waals surface area contributed by atoms with E-state index >= 15 is 0 Å². The van der Waals surface area contributed by atoms with E-state index in [1.807, 2.05) is 30.3 Å². The van der Waals surface area contributed by atoms with E-state index < -0.39 is 0 Å². The minimum atomic E-state index is -0.334. The van der Waals surface area contributed by atoms with Crippen LogP contribution < -0.4 is 0 Å². The second kappa shape index (κ2) is 6.18. The number of hydrogen-bond donors (Lipinski definition) is 1. The average Bonchev–Trinajstić information content (AvgIpc) is 2.40. The Morgan fingerprint density at radius 2 is 1.88 bits per heavy atom. The highest BCUT2D eigenvalue weighted by atomic mass is 16.5. The maximum atomic E-state index is 10.3. The summed E-state index contributed by atoms with van der Waals surface area (Å²) >= 11 is 0. The zero-order valence-electron chi connectivity index (χ0n) is 10.5. The highest BCUT2D eigenvalue weighted by molar-refractivity contribution is 5.17. The molecule has 0 radical (unpaired) electrons. The van der Waals surface area contributed by atoms with E-state index in [0.717, 1.165) is 44.0 Å². The fourth-order valence-corrected chi connectivity index (χ4v) is 2.62. The molecule has 2 nitrogen and oxygen atoms in total. The smallest absolute Gasteiger partial charge is 0.0815 e. The molecule has 17 heavy (non-hydrogen) atoms. The molecule has 94 valence electrons. The van der Waals surface area contributed by atoms with Crippen molar-refractivity contribution >= 4 is 0 Å². The molecule has 1 saturated heterocycles. The Hall–Kier alpha value is -0.860. The lowest BCUT2D eigenvalue weighted by Gasteiger charge is -2.27. The largest absolute Gasteiger partial charge is 0.388 e. The summed E-state index contributed by atoms with van der Waals surface area (Å²) in [5.41, 5.74) is 1.03. The molecule has 0 aromatic heterocycles. The van der Waals surface area contributed by atoms with E-state index in [1.165, 1.54) is 0 Å². The van der Waals surface area contributed by atoms with Crippen molar-refractivity contribution < 1.29 is 9.84 Å². The maximum Gasteiger partial charge on any atom is 0.0815 e. The number of aliphatic hydroxyl groups is 1. The minimum Gasteiger partial charge on any atom is -0.388 e. The Kier molecular flexibility index (Phi) is 4.57. The minimum absolute atomic E-state index is 0.320. The summed E-state index contributed by atoms with van der Waals surface area (Å²) in [6, 6.07) is 9.97. The molecule has 0 saturated carbocycles. The molecule has 1 aliphatic heterocycles. The van der Waals surface area contributed by atoms with Gasteiger partial charge >= 0.3 is 0 Å². The monoisotopic (exact) mass is 234 g/mol. The van der Waals surface area contributed by atoms with Gasteiger partial charge in [0.05, 0.1) is 6.10 Å². The number of benzene rings is 1. The van der Waals surface area contributed by atoms with Gasteiger partial charge in [0.1, 0.15) is 0 Å². The molecule has 2 rings (SSSR count). The van der Waals surface area contributed by atoms with Gasteiger partial charge in [0.2, 0.25) is 0 Å². The molecular formula is C15H22O2. The Morgan fingerprint density at radius 1 is 1.24 bits per heavy atom. The molecule has 2 unspecified atom stereocenters. The second-order valence-electron chi connectivity index (χ2n) is 5.12. The van der Waals surface area contributed by atoms with E-state index in [2.05, 4.69) is 6.92 Å². The molecule has 1 aromatic carbocycles. The van der Waals surface area contributed by atoms with E-state index in [0.29, 0.717) is 5.92 Å². The van der Waals surface area contributed by atoms with Gasteiger partial charge < -0.3 is 9.84 Å². The van der Waals surface area contributed by atoms with E-state index in [1.54, 1.807) is 0 Å². The normalized spacial score (nSPS) is 21.1. The van der Waals surface area contributed by atoms with Crippen LogP contribution in [0, 0.1) is 11.8 Å². The van der Waals surface area contributed by atoms with Gasteiger partial charge in [-0.1, -0.05) is 37.3 Å². The molecular weight excluding hydrogens is 212 g/mol. The highest BCUT2D eigenvalue weighted by Gasteiger charge is 2.22. The van der Waals surface area contributed by atoms with Gasteiger partial charge in [0.15, 0.2) is 0 Å². The second-order valence-corrected chi connectivity index (χ2v) is 5.12. The van der Waals surface area contributed by atoms with Crippen LogP contribution in [0.1, 0.15) is 37.9 Å².